The van der Waals surface area contributed by atoms with Gasteiger partial charge in [-0.05, 0) is 57.0 Å². The van der Waals surface area contributed by atoms with E-state index < -0.39 is 6.09 Å². The van der Waals surface area contributed by atoms with Crippen LogP contribution in [0.4, 0.5) is 10.5 Å². The number of nitrogens with one attached hydrogen (secondary N) is 1. The molecule has 2 unspecified atom stereocenters. The Hall–Kier alpha value is -1.26. The van der Waals surface area contributed by atoms with Crippen LogP contribution < -0.4 is 5.32 Å². The molecule has 1 amide bonds. The lowest BCUT2D eigenvalue weighted by atomic mass is 9.84. The zero-order valence-electron chi connectivity index (χ0n) is 12.8. The summed E-state index contributed by atoms with van der Waals surface area (Å²) in [5, 5.41) is 3.34. The van der Waals surface area contributed by atoms with Crippen LogP contribution in [0, 0.1) is 5.92 Å². The molecule has 2 saturated heterocycles. The highest BCUT2D eigenvalue weighted by atomic mass is 35.5. The van der Waals surface area contributed by atoms with E-state index in [9.17, 15) is 4.79 Å². The van der Waals surface area contributed by atoms with Gasteiger partial charge in [-0.15, -0.1) is 0 Å². The Kier molecular flexibility index (Phi) is 5.21. The molecule has 0 bridgehead atoms. The van der Waals surface area contributed by atoms with E-state index in [4.69, 9.17) is 16.3 Å². The van der Waals surface area contributed by atoms with E-state index in [1.807, 2.05) is 0 Å². The minimum absolute atomic E-state index is 0.393. The molecule has 2 heterocycles. The van der Waals surface area contributed by atoms with Gasteiger partial charge < -0.3 is 4.74 Å². The number of rotatable bonds is 3. The molecule has 0 spiro atoms. The number of hydrogen-bond acceptors (Lipinski definition) is 3. The van der Waals surface area contributed by atoms with Gasteiger partial charge in [-0.25, -0.2) is 4.79 Å². The molecule has 3 rings (SSSR count). The number of piperidine rings is 2. The van der Waals surface area contributed by atoms with Gasteiger partial charge in [0.15, 0.2) is 0 Å². The van der Waals surface area contributed by atoms with Gasteiger partial charge in [0.25, 0.3) is 0 Å². The lowest BCUT2D eigenvalue weighted by molar-refractivity contribution is 0.0261. The molecule has 2 atom stereocenters. The summed E-state index contributed by atoms with van der Waals surface area (Å²) in [6.07, 6.45) is 5.82. The summed E-state index contributed by atoms with van der Waals surface area (Å²) in [7, 11) is 0. The highest BCUT2D eigenvalue weighted by Gasteiger charge is 2.33. The third-order valence-corrected chi connectivity index (χ3v) is 4.96. The monoisotopic (exact) mass is 322 g/mol. The second-order valence-corrected chi connectivity index (χ2v) is 6.67. The molecule has 1 aromatic carbocycles. The lowest BCUT2D eigenvalue weighted by Gasteiger charge is -2.44. The van der Waals surface area contributed by atoms with Gasteiger partial charge in [-0.2, -0.15) is 0 Å². The van der Waals surface area contributed by atoms with Crippen LogP contribution in [-0.4, -0.2) is 36.7 Å². The number of nitrogens with zero attached hydrogens (tertiary/aromatic N) is 1. The molecule has 0 aliphatic carbocycles. The summed E-state index contributed by atoms with van der Waals surface area (Å²) in [5.74, 6) is 0.471. The number of hydrogen-bond donors (Lipinski definition) is 1. The molecule has 4 nitrogen and oxygen atoms in total. The Balaban J connectivity index is 1.50. The minimum atomic E-state index is -0.393. The number of fused-ring (bicyclic) bond motifs is 1. The number of anilines is 1. The van der Waals surface area contributed by atoms with E-state index >= 15 is 0 Å². The fourth-order valence-corrected chi connectivity index (χ4v) is 3.86. The van der Waals surface area contributed by atoms with E-state index in [0.717, 1.165) is 6.42 Å². The molecule has 22 heavy (non-hydrogen) atoms. The maximum Gasteiger partial charge on any atom is 0.411 e. The van der Waals surface area contributed by atoms with Crippen molar-refractivity contribution in [3.63, 3.8) is 0 Å². The molecule has 5 heteroatoms. The van der Waals surface area contributed by atoms with Crippen molar-refractivity contribution in [2.45, 2.75) is 38.1 Å². The number of amides is 1. The van der Waals surface area contributed by atoms with Crippen molar-refractivity contribution < 1.29 is 9.53 Å². The lowest BCUT2D eigenvalue weighted by Crippen LogP contribution is -2.49. The normalized spacial score (nSPS) is 25.3. The van der Waals surface area contributed by atoms with E-state index in [1.165, 1.54) is 38.8 Å². The third kappa shape index (κ3) is 3.93. The van der Waals surface area contributed by atoms with E-state index in [2.05, 4.69) is 10.2 Å². The molecule has 2 fully saturated rings. The second-order valence-electron chi connectivity index (χ2n) is 6.24. The first-order chi connectivity index (χ1) is 10.7. The molecule has 1 N–H and O–H groups in total. The smallest absolute Gasteiger partial charge is 0.411 e. The highest BCUT2D eigenvalue weighted by Crippen LogP contribution is 2.31. The first-order valence-electron chi connectivity index (χ1n) is 8.16. The summed E-state index contributed by atoms with van der Waals surface area (Å²) in [6, 6.07) is 7.70. The molecule has 0 radical (unpaired) electrons. The van der Waals surface area contributed by atoms with Crippen LogP contribution in [0.3, 0.4) is 0 Å². The summed E-state index contributed by atoms with van der Waals surface area (Å²) in [6.45, 7) is 2.92. The van der Waals surface area contributed by atoms with Crippen molar-refractivity contribution >= 4 is 23.4 Å². The molecular formula is C17H23ClN2O2. The molecule has 0 aromatic heterocycles. The Morgan fingerprint density at radius 3 is 3.00 bits per heavy atom. The topological polar surface area (TPSA) is 41.6 Å². The number of carbonyl (C=O) groups is 1. The van der Waals surface area contributed by atoms with Crippen LogP contribution >= 0.6 is 11.6 Å². The molecule has 120 valence electrons. The summed E-state index contributed by atoms with van der Waals surface area (Å²) in [5.41, 5.74) is 0.667. The van der Waals surface area contributed by atoms with Crippen molar-refractivity contribution in [1.82, 2.24) is 4.90 Å². The van der Waals surface area contributed by atoms with Crippen LogP contribution in [0.5, 0.6) is 0 Å². The summed E-state index contributed by atoms with van der Waals surface area (Å²) < 4.78 is 5.45. The Bertz CT molecular complexity index is 521. The van der Waals surface area contributed by atoms with Gasteiger partial charge in [0.2, 0.25) is 0 Å². The predicted molar refractivity (Wildman–Crippen MR) is 88.4 cm³/mol. The number of ether oxygens (including phenoxy) is 1. The minimum Gasteiger partial charge on any atom is -0.449 e. The van der Waals surface area contributed by atoms with Gasteiger partial charge in [0, 0.05) is 22.7 Å². The number of benzene rings is 1. The van der Waals surface area contributed by atoms with E-state index in [0.29, 0.717) is 29.3 Å². The SMILES string of the molecule is O=C(Nc1cccc(Cl)c1)OCC1CCCN2CCCCC12. The van der Waals surface area contributed by atoms with Gasteiger partial charge >= 0.3 is 6.09 Å². The van der Waals surface area contributed by atoms with Crippen LogP contribution in [-0.2, 0) is 4.74 Å². The zero-order valence-corrected chi connectivity index (χ0v) is 13.5. The highest BCUT2D eigenvalue weighted by molar-refractivity contribution is 6.30. The predicted octanol–water partition coefficient (Wildman–Crippen LogP) is 4.15. The van der Waals surface area contributed by atoms with Crippen molar-refractivity contribution in [1.29, 1.82) is 0 Å². The van der Waals surface area contributed by atoms with Crippen LogP contribution in [0.1, 0.15) is 32.1 Å². The number of halogens is 1. The van der Waals surface area contributed by atoms with Gasteiger partial charge in [-0.3, -0.25) is 10.2 Å². The second kappa shape index (κ2) is 7.34. The average Bonchev–Trinajstić information content (AvgIpc) is 2.53. The van der Waals surface area contributed by atoms with Crippen LogP contribution in [0.2, 0.25) is 5.02 Å². The molecule has 1 aromatic rings. The van der Waals surface area contributed by atoms with Gasteiger partial charge in [0.1, 0.15) is 0 Å². The van der Waals surface area contributed by atoms with Crippen LogP contribution in [0.15, 0.2) is 24.3 Å². The first kappa shape index (κ1) is 15.6. The van der Waals surface area contributed by atoms with Crippen molar-refractivity contribution in [3.05, 3.63) is 29.3 Å². The fraction of sp³-hybridized carbons (Fsp3) is 0.588. The number of carbonyl (C=O) groups excluding carboxylic acids is 1. The Labute approximate surface area is 136 Å². The maximum atomic E-state index is 11.9. The molecule has 2 aliphatic heterocycles. The standard InChI is InChI=1S/C17H23ClN2O2/c18-14-6-3-7-15(11-14)19-17(21)22-12-13-5-4-10-20-9-2-1-8-16(13)20/h3,6-7,11,13,16H,1-2,4-5,8-10,12H2,(H,19,21). The Morgan fingerprint density at radius 2 is 2.14 bits per heavy atom. The zero-order chi connectivity index (χ0) is 15.4. The van der Waals surface area contributed by atoms with Gasteiger partial charge in [-0.1, -0.05) is 24.1 Å². The summed E-state index contributed by atoms with van der Waals surface area (Å²) in [4.78, 5) is 14.5. The van der Waals surface area contributed by atoms with Crippen LogP contribution in [0.25, 0.3) is 0 Å². The van der Waals surface area contributed by atoms with Gasteiger partial charge in [0.05, 0.1) is 6.61 Å². The van der Waals surface area contributed by atoms with Crippen molar-refractivity contribution in [2.75, 3.05) is 25.0 Å². The first-order valence-corrected chi connectivity index (χ1v) is 8.53. The Morgan fingerprint density at radius 1 is 1.27 bits per heavy atom. The van der Waals surface area contributed by atoms with Crippen molar-refractivity contribution in [3.8, 4) is 0 Å². The molecular weight excluding hydrogens is 300 g/mol. The third-order valence-electron chi connectivity index (χ3n) is 4.73. The fourth-order valence-electron chi connectivity index (χ4n) is 3.67. The maximum absolute atomic E-state index is 11.9. The van der Waals surface area contributed by atoms with Crippen molar-refractivity contribution in [2.24, 2.45) is 5.92 Å². The average molecular weight is 323 g/mol. The quantitative estimate of drug-likeness (QED) is 0.908. The largest absolute Gasteiger partial charge is 0.449 e. The summed E-state index contributed by atoms with van der Waals surface area (Å²) >= 11 is 5.91. The van der Waals surface area contributed by atoms with E-state index in [-0.39, 0.29) is 0 Å². The van der Waals surface area contributed by atoms with E-state index in [1.54, 1.807) is 24.3 Å². The molecule has 0 saturated carbocycles. The molecule has 2 aliphatic rings.